The van der Waals surface area contributed by atoms with Gasteiger partial charge in [-0.05, 0) is 42.5 Å². The number of hydrogen-bond acceptors (Lipinski definition) is 8. The molecule has 1 aliphatic rings. The Hall–Kier alpha value is -4.44. The second kappa shape index (κ2) is 9.82. The van der Waals surface area contributed by atoms with Crippen molar-refractivity contribution < 1.29 is 9.18 Å². The third-order valence-electron chi connectivity index (χ3n) is 5.62. The van der Waals surface area contributed by atoms with Crippen LogP contribution in [0.2, 0.25) is 0 Å². The Balaban J connectivity index is 1.45. The lowest BCUT2D eigenvalue weighted by Gasteiger charge is -2.28. The van der Waals surface area contributed by atoms with Crippen LogP contribution < -0.4 is 20.9 Å². The number of carbonyl (C=O) groups is 1. The molecule has 35 heavy (non-hydrogen) atoms. The molecule has 5 rings (SSSR count). The standard InChI is InChI=1S/C25H23FN8O/c1-2-22(35)31-17-7-8-28-20(13-17)23-19(26)5-3-16-14-30-25(33-24(16)23)32-18-4-6-21(29-15-18)34-11-9-27-10-12-34/h2-8,13-15,27H,1,9-12H2,(H,28,31,35)(H,30,32,33). The van der Waals surface area contributed by atoms with E-state index in [1.165, 1.54) is 12.3 Å². The third-order valence-corrected chi connectivity index (χ3v) is 5.62. The highest BCUT2D eigenvalue weighted by Crippen LogP contribution is 2.31. The molecule has 0 spiro atoms. The van der Waals surface area contributed by atoms with Crippen molar-refractivity contribution in [2.24, 2.45) is 0 Å². The van der Waals surface area contributed by atoms with E-state index in [-0.39, 0.29) is 11.5 Å². The first-order valence-electron chi connectivity index (χ1n) is 11.1. The van der Waals surface area contributed by atoms with Crippen molar-refractivity contribution in [3.63, 3.8) is 0 Å². The largest absolute Gasteiger partial charge is 0.354 e. The van der Waals surface area contributed by atoms with Gasteiger partial charge in [-0.25, -0.2) is 19.3 Å². The summed E-state index contributed by atoms with van der Waals surface area (Å²) in [5.74, 6) is 0.363. The minimum Gasteiger partial charge on any atom is -0.354 e. The van der Waals surface area contributed by atoms with E-state index in [0.29, 0.717) is 33.9 Å². The zero-order chi connectivity index (χ0) is 24.2. The van der Waals surface area contributed by atoms with Crippen LogP contribution in [-0.4, -0.2) is 52.0 Å². The van der Waals surface area contributed by atoms with Crippen molar-refractivity contribution >= 4 is 40.0 Å². The number of aromatic nitrogens is 4. The van der Waals surface area contributed by atoms with Gasteiger partial charge in [0, 0.05) is 49.6 Å². The first kappa shape index (κ1) is 22.4. The molecule has 176 valence electrons. The topological polar surface area (TPSA) is 108 Å². The summed E-state index contributed by atoms with van der Waals surface area (Å²) in [4.78, 5) is 31.7. The molecule has 1 aromatic carbocycles. The predicted molar refractivity (Wildman–Crippen MR) is 134 cm³/mol. The van der Waals surface area contributed by atoms with Gasteiger partial charge in [-0.1, -0.05) is 6.58 Å². The Morgan fingerprint density at radius 1 is 1.06 bits per heavy atom. The quantitative estimate of drug-likeness (QED) is 0.368. The number of halogens is 1. The summed E-state index contributed by atoms with van der Waals surface area (Å²) in [5, 5.41) is 9.79. The van der Waals surface area contributed by atoms with E-state index in [0.717, 1.165) is 38.1 Å². The summed E-state index contributed by atoms with van der Waals surface area (Å²) in [6.45, 7) is 7.14. The number of hydrogen-bond donors (Lipinski definition) is 3. The lowest BCUT2D eigenvalue weighted by atomic mass is 10.1. The Labute approximate surface area is 201 Å². The molecular formula is C25H23FN8O. The molecule has 1 fully saturated rings. The zero-order valence-electron chi connectivity index (χ0n) is 18.8. The minimum atomic E-state index is -0.483. The zero-order valence-corrected chi connectivity index (χ0v) is 18.8. The highest BCUT2D eigenvalue weighted by atomic mass is 19.1. The van der Waals surface area contributed by atoms with Gasteiger partial charge in [0.05, 0.1) is 28.7 Å². The van der Waals surface area contributed by atoms with E-state index >= 15 is 4.39 Å². The van der Waals surface area contributed by atoms with Gasteiger partial charge < -0.3 is 20.9 Å². The molecule has 3 N–H and O–H groups in total. The molecular weight excluding hydrogens is 447 g/mol. The SMILES string of the molecule is C=CC(=O)Nc1ccnc(-c2c(F)ccc3cnc(Nc4ccc(N5CCNCC5)nc4)nc23)c1. The fraction of sp³-hybridized carbons (Fsp3) is 0.160. The number of carbonyl (C=O) groups excluding carboxylic acids is 1. The number of fused-ring (bicyclic) bond motifs is 1. The summed E-state index contributed by atoms with van der Waals surface area (Å²) < 4.78 is 15.0. The summed E-state index contributed by atoms with van der Waals surface area (Å²) in [5.41, 5.74) is 2.14. The monoisotopic (exact) mass is 470 g/mol. The second-order valence-corrected chi connectivity index (χ2v) is 7.94. The Morgan fingerprint density at radius 3 is 2.69 bits per heavy atom. The molecule has 9 nitrogen and oxygen atoms in total. The van der Waals surface area contributed by atoms with Crippen molar-refractivity contribution in [2.45, 2.75) is 0 Å². The second-order valence-electron chi connectivity index (χ2n) is 7.94. The van der Waals surface area contributed by atoms with E-state index in [4.69, 9.17) is 0 Å². The lowest BCUT2D eigenvalue weighted by molar-refractivity contribution is -0.111. The smallest absolute Gasteiger partial charge is 0.247 e. The molecule has 0 radical (unpaired) electrons. The van der Waals surface area contributed by atoms with Crippen LogP contribution in [0, 0.1) is 5.82 Å². The number of benzene rings is 1. The average Bonchev–Trinajstić information content (AvgIpc) is 2.89. The van der Waals surface area contributed by atoms with Crippen molar-refractivity contribution in [3.05, 3.63) is 73.5 Å². The van der Waals surface area contributed by atoms with E-state index < -0.39 is 5.82 Å². The van der Waals surface area contributed by atoms with Gasteiger partial charge in [0.1, 0.15) is 11.6 Å². The maximum Gasteiger partial charge on any atom is 0.247 e. The number of anilines is 4. The molecule has 1 saturated heterocycles. The van der Waals surface area contributed by atoms with E-state index in [1.54, 1.807) is 30.6 Å². The first-order chi connectivity index (χ1) is 17.1. The first-order valence-corrected chi connectivity index (χ1v) is 11.1. The lowest BCUT2D eigenvalue weighted by Crippen LogP contribution is -2.43. The summed E-state index contributed by atoms with van der Waals surface area (Å²) in [7, 11) is 0. The predicted octanol–water partition coefficient (Wildman–Crippen LogP) is 3.50. The third kappa shape index (κ3) is 4.92. The van der Waals surface area contributed by atoms with Gasteiger partial charge in [-0.2, -0.15) is 0 Å². The highest BCUT2D eigenvalue weighted by Gasteiger charge is 2.16. The molecule has 10 heteroatoms. The van der Waals surface area contributed by atoms with Crippen molar-refractivity contribution in [1.29, 1.82) is 0 Å². The fourth-order valence-corrected chi connectivity index (χ4v) is 3.89. The Morgan fingerprint density at radius 2 is 1.91 bits per heavy atom. The summed E-state index contributed by atoms with van der Waals surface area (Å²) >= 11 is 0. The average molecular weight is 471 g/mol. The van der Waals surface area contributed by atoms with Gasteiger partial charge in [0.2, 0.25) is 11.9 Å². The summed E-state index contributed by atoms with van der Waals surface area (Å²) in [6, 6.07) is 10.0. The van der Waals surface area contributed by atoms with Gasteiger partial charge in [0.15, 0.2) is 0 Å². The Bertz CT molecular complexity index is 1390. The van der Waals surface area contributed by atoms with Crippen LogP contribution in [0.25, 0.3) is 22.2 Å². The minimum absolute atomic E-state index is 0.217. The van der Waals surface area contributed by atoms with Crippen LogP contribution in [0.5, 0.6) is 0 Å². The molecule has 0 atom stereocenters. The van der Waals surface area contributed by atoms with Crippen LogP contribution in [-0.2, 0) is 4.79 Å². The van der Waals surface area contributed by atoms with Crippen LogP contribution in [0.3, 0.4) is 0 Å². The van der Waals surface area contributed by atoms with E-state index in [9.17, 15) is 4.79 Å². The van der Waals surface area contributed by atoms with Crippen LogP contribution in [0.4, 0.5) is 27.5 Å². The van der Waals surface area contributed by atoms with Gasteiger partial charge in [-0.15, -0.1) is 0 Å². The molecule has 1 aliphatic heterocycles. The maximum absolute atomic E-state index is 15.0. The molecule has 0 unspecified atom stereocenters. The molecule has 1 amide bonds. The number of rotatable bonds is 6. The fourth-order valence-electron chi connectivity index (χ4n) is 3.89. The van der Waals surface area contributed by atoms with Crippen LogP contribution in [0.1, 0.15) is 0 Å². The number of nitrogens with one attached hydrogen (secondary N) is 3. The van der Waals surface area contributed by atoms with Crippen molar-refractivity contribution in [3.8, 4) is 11.3 Å². The van der Waals surface area contributed by atoms with Gasteiger partial charge in [0.25, 0.3) is 0 Å². The molecule has 0 saturated carbocycles. The maximum atomic E-state index is 15.0. The molecule has 4 aromatic rings. The van der Waals surface area contributed by atoms with Crippen molar-refractivity contribution in [1.82, 2.24) is 25.3 Å². The molecule has 3 aromatic heterocycles. The Kier molecular flexibility index (Phi) is 6.27. The number of pyridine rings is 2. The van der Waals surface area contributed by atoms with Gasteiger partial charge >= 0.3 is 0 Å². The van der Waals surface area contributed by atoms with E-state index in [1.807, 2.05) is 12.1 Å². The van der Waals surface area contributed by atoms with Crippen molar-refractivity contribution in [2.75, 3.05) is 41.7 Å². The van der Waals surface area contributed by atoms with Crippen LogP contribution in [0.15, 0.2) is 67.6 Å². The molecule has 0 bridgehead atoms. The van der Waals surface area contributed by atoms with E-state index in [2.05, 4.69) is 47.4 Å². The highest BCUT2D eigenvalue weighted by molar-refractivity contribution is 6.00. The molecule has 0 aliphatic carbocycles. The number of nitrogens with zero attached hydrogens (tertiary/aromatic N) is 5. The van der Waals surface area contributed by atoms with Gasteiger partial charge in [-0.3, -0.25) is 9.78 Å². The van der Waals surface area contributed by atoms with Crippen LogP contribution >= 0.6 is 0 Å². The number of piperazine rings is 1. The summed E-state index contributed by atoms with van der Waals surface area (Å²) in [6.07, 6.45) is 6.01. The number of amides is 1. The normalized spacial score (nSPS) is 13.5. The molecule has 4 heterocycles.